The summed E-state index contributed by atoms with van der Waals surface area (Å²) in [6, 6.07) is 0. The quantitative estimate of drug-likeness (QED) is 0.295. The van der Waals surface area contributed by atoms with Gasteiger partial charge in [-0.05, 0) is 0 Å². The normalized spacial score (nSPS) is 0. The van der Waals surface area contributed by atoms with Gasteiger partial charge in [-0.15, -0.1) is 0 Å². The maximum Gasteiger partial charge on any atom is 0 e. The van der Waals surface area contributed by atoms with E-state index in [1.54, 1.807) is 0 Å². The van der Waals surface area contributed by atoms with E-state index in [1.165, 1.54) is 0 Å². The Morgan fingerprint density at radius 2 is 0.0200 bits per heavy atom. The van der Waals surface area contributed by atoms with Crippen molar-refractivity contribution in [1.82, 2.24) is 0 Å². The van der Waals surface area contributed by atoms with Crippen LogP contribution in [-0.2, 0) is 1650 Å². The Bertz CT molecular complexity index is 14.1. The first-order valence-electron chi connectivity index (χ1n) is 0. The first kappa shape index (κ1) is 1350. The van der Waals surface area contributed by atoms with E-state index in [9.17, 15) is 0 Å². The molecule has 0 rings (SSSR count). The summed E-state index contributed by atoms with van der Waals surface area (Å²) in [4.78, 5) is 0. The predicted molar refractivity (Wildman–Crippen MR) is 0 cm³/mol. The van der Waals surface area contributed by atoms with Gasteiger partial charge in [-0.25, -0.2) is 0 Å². The fourth-order valence-corrected chi connectivity index (χ4v) is 0. The molecule has 994 valence electrons. The molecular formula is Mn2Ni98. The fourth-order valence-electron chi connectivity index (χ4n) is 0. The summed E-state index contributed by atoms with van der Waals surface area (Å²) in [5.41, 5.74) is 0. The smallest absolute Gasteiger partial charge is 0 e. The molecule has 0 atom stereocenters. The summed E-state index contributed by atoms with van der Waals surface area (Å²) < 4.78 is 0. The molecule has 0 aliphatic rings. The zero-order valence-electron chi connectivity index (χ0n) is 31.7. The van der Waals surface area contributed by atoms with Gasteiger partial charge in [-0.1, -0.05) is 0 Å². The van der Waals surface area contributed by atoms with Crippen molar-refractivity contribution in [3.63, 3.8) is 0 Å². The molecule has 0 fully saturated rings. The van der Waals surface area contributed by atoms with Gasteiger partial charge in [-0.2, -0.15) is 0 Å². The third-order valence-electron chi connectivity index (χ3n) is 0. The van der Waals surface area contributed by atoms with Crippen LogP contribution in [0.5, 0.6) is 0 Å². The van der Waals surface area contributed by atoms with Crippen molar-refractivity contribution in [2.24, 2.45) is 0 Å². The molecule has 0 bridgehead atoms. The summed E-state index contributed by atoms with van der Waals surface area (Å²) in [6.45, 7) is 0. The predicted octanol–water partition coefficient (Wildman–Crippen LogP) is -0.250. The maximum absolute atomic E-state index is 0. The van der Waals surface area contributed by atoms with Crippen LogP contribution >= 0.6 is 0 Å². The van der Waals surface area contributed by atoms with E-state index >= 15 is 0 Å². The van der Waals surface area contributed by atoms with Gasteiger partial charge in [0.2, 0.25) is 0 Å². The zero-order valence-corrected chi connectivity index (χ0v) is 131. The van der Waals surface area contributed by atoms with Crippen LogP contribution in [0.3, 0.4) is 0 Å². The Labute approximate surface area is 1610 Å². The van der Waals surface area contributed by atoms with Gasteiger partial charge in [0.05, 0.1) is 0 Å². The van der Waals surface area contributed by atoms with Crippen molar-refractivity contribution in [3.05, 3.63) is 0 Å². The van der Waals surface area contributed by atoms with Crippen molar-refractivity contribution in [1.29, 1.82) is 0 Å². The van der Waals surface area contributed by atoms with Gasteiger partial charge in [0.1, 0.15) is 0 Å². The monoisotopic (exact) mass is 5790 g/mol. The van der Waals surface area contributed by atoms with Gasteiger partial charge in [0, 0.05) is 1650 Å². The van der Waals surface area contributed by atoms with Crippen LogP contribution in [0.2, 0.25) is 0 Å². The van der Waals surface area contributed by atoms with Crippen LogP contribution in [-0.4, -0.2) is 0 Å². The van der Waals surface area contributed by atoms with Gasteiger partial charge >= 0.3 is 0 Å². The average molecular weight is 5860 g/mol. The Hall–Kier alpha value is 49.4. The molecule has 0 N–H and O–H groups in total. The third-order valence-corrected chi connectivity index (χ3v) is 0. The van der Waals surface area contributed by atoms with Gasteiger partial charge in [0.25, 0.3) is 0 Å². The van der Waals surface area contributed by atoms with Crippen LogP contribution in [0.25, 0.3) is 0 Å². The van der Waals surface area contributed by atoms with E-state index in [4.69, 9.17) is 0 Å². The Balaban J connectivity index is 0. The van der Waals surface area contributed by atoms with E-state index in [0.29, 0.717) is 0 Å². The second kappa shape index (κ2) is 1320. The topological polar surface area (TPSA) is 0 Å². The number of hydrogen-bond acceptors (Lipinski definition) is 0. The Morgan fingerprint density at radius 1 is 0.0200 bits per heavy atom. The largest absolute Gasteiger partial charge is 0 e. The third kappa shape index (κ3) is 1290. The molecule has 0 unspecified atom stereocenters. The number of rotatable bonds is 0. The Morgan fingerprint density at radius 3 is 0.0200 bits per heavy atom. The molecule has 0 aliphatic carbocycles. The van der Waals surface area contributed by atoms with E-state index in [1.807, 2.05) is 0 Å². The van der Waals surface area contributed by atoms with Crippen molar-refractivity contribution < 1.29 is 1650 Å². The summed E-state index contributed by atoms with van der Waals surface area (Å²) >= 11 is 0. The molecule has 0 aliphatic heterocycles. The number of hydrogen-bond donors (Lipinski definition) is 0. The van der Waals surface area contributed by atoms with Crippen LogP contribution in [0, 0.1) is 0 Å². The zero-order chi connectivity index (χ0) is 0. The molecule has 0 amide bonds. The van der Waals surface area contributed by atoms with E-state index in [-0.39, 0.29) is 1650 Å². The average Bonchev–Trinajstić information content (AvgIpc) is 0. The minimum atomic E-state index is 0. The minimum Gasteiger partial charge on any atom is 0 e. The molecule has 0 spiro atoms. The Kier molecular flexibility index (Phi) is 17800. The summed E-state index contributed by atoms with van der Waals surface area (Å²) in [7, 11) is 0. The second-order valence-corrected chi connectivity index (χ2v) is 0. The molecule has 0 heterocycles. The molecule has 0 saturated carbocycles. The van der Waals surface area contributed by atoms with Crippen molar-refractivity contribution in [2.45, 2.75) is 0 Å². The molecule has 100 heavy (non-hydrogen) atoms. The molecule has 0 aromatic carbocycles. The second-order valence-electron chi connectivity index (χ2n) is 0. The minimum absolute atomic E-state index is 0. The fraction of sp³-hybridized carbons (Fsp3) is 0. The molecule has 100 heteroatoms. The SMILES string of the molecule is [Mn].[Mn].[Ni].[Ni].[Ni].[Ni].[Ni].[Ni].[Ni].[Ni].[Ni].[Ni].[Ni].[Ni].[Ni].[Ni].[Ni].[Ni].[Ni].[Ni].[Ni].[Ni].[Ni].[Ni].[Ni].[Ni].[Ni].[Ni].[Ni].[Ni].[Ni].[Ni].[Ni].[Ni].[Ni].[Ni].[Ni].[Ni].[Ni].[Ni].[Ni].[Ni].[Ni].[Ni].[Ni].[Ni].[Ni].[Ni].[Ni].[Ni].[Ni].[Ni].[Ni].[Ni].[Ni].[Ni].[Ni].[Ni].[Ni].[Ni].[Ni].[Ni].[Ni].[Ni].[Ni].[Ni].[Ni].[Ni].[Ni].[Ni].[Ni].[Ni].[Ni].[Ni].[Ni].[Ni].[Ni].[Ni].[Ni].[Ni].[Ni].[Ni].[Ni].[Ni].[Ni].[Ni].[Ni].[Ni].[Ni].[Ni].[Ni].[Ni].[Ni].[Ni].[Ni].[Ni].[Ni].[Ni].[Ni].[Ni]. The van der Waals surface area contributed by atoms with Crippen molar-refractivity contribution >= 4 is 0 Å². The van der Waals surface area contributed by atoms with Crippen LogP contribution in [0.1, 0.15) is 0 Å². The molecule has 2 radical (unpaired) electrons. The van der Waals surface area contributed by atoms with Gasteiger partial charge in [-0.3, -0.25) is 0 Å². The summed E-state index contributed by atoms with van der Waals surface area (Å²) in [5.74, 6) is 0. The summed E-state index contributed by atoms with van der Waals surface area (Å²) in [5, 5.41) is 0. The molecule has 0 nitrogen and oxygen atoms in total. The molecule has 0 saturated heterocycles. The van der Waals surface area contributed by atoms with Gasteiger partial charge in [0.15, 0.2) is 0 Å². The van der Waals surface area contributed by atoms with E-state index in [2.05, 4.69) is 0 Å². The molecule has 0 aromatic rings. The van der Waals surface area contributed by atoms with Gasteiger partial charge < -0.3 is 0 Å². The first-order chi connectivity index (χ1) is 0. The van der Waals surface area contributed by atoms with Crippen LogP contribution in [0.15, 0.2) is 0 Å². The van der Waals surface area contributed by atoms with Crippen molar-refractivity contribution in [3.8, 4) is 0 Å². The standard InChI is InChI=1S/2Mn.98Ni. The molecule has 0 aromatic heterocycles. The van der Waals surface area contributed by atoms with Crippen LogP contribution in [0.4, 0.5) is 0 Å². The van der Waals surface area contributed by atoms with E-state index in [0.717, 1.165) is 0 Å². The van der Waals surface area contributed by atoms with E-state index < -0.39 is 0 Å². The molecular weight excluding hydrogens is 5860 g/mol. The van der Waals surface area contributed by atoms with Crippen LogP contribution < -0.4 is 0 Å². The summed E-state index contributed by atoms with van der Waals surface area (Å²) in [6.07, 6.45) is 0. The van der Waals surface area contributed by atoms with Crippen molar-refractivity contribution in [2.75, 3.05) is 0 Å². The first-order valence-corrected chi connectivity index (χ1v) is 0. The maximum atomic E-state index is 0.